The molecule has 110 valence electrons. The van der Waals surface area contributed by atoms with E-state index in [1.165, 1.54) is 0 Å². The number of hydrogen-bond donors (Lipinski definition) is 0. The molecule has 0 aliphatic rings. The Labute approximate surface area is 129 Å². The molecule has 0 bridgehead atoms. The van der Waals surface area contributed by atoms with E-state index in [2.05, 4.69) is 11.1 Å². The van der Waals surface area contributed by atoms with Gasteiger partial charge in [0.05, 0.1) is 0 Å². The first-order chi connectivity index (χ1) is 10.0. The fourth-order valence-electron chi connectivity index (χ4n) is 2.28. The summed E-state index contributed by atoms with van der Waals surface area (Å²) in [7, 11) is 0. The summed E-state index contributed by atoms with van der Waals surface area (Å²) in [5.74, 6) is 0.550. The van der Waals surface area contributed by atoms with Gasteiger partial charge in [-0.15, -0.1) is 6.58 Å². The lowest BCUT2D eigenvalue weighted by molar-refractivity contribution is 0.0921. The second-order valence-electron chi connectivity index (χ2n) is 4.85. The molecule has 2 aromatic rings. The van der Waals surface area contributed by atoms with E-state index in [1.54, 1.807) is 24.3 Å². The first-order valence-electron chi connectivity index (χ1n) is 6.72. The molecule has 0 fully saturated rings. The zero-order chi connectivity index (χ0) is 15.4. The Morgan fingerprint density at radius 3 is 2.81 bits per heavy atom. The number of benzene rings is 1. The van der Waals surface area contributed by atoms with Crippen LogP contribution in [0.25, 0.3) is 0 Å². The van der Waals surface area contributed by atoms with Gasteiger partial charge in [-0.3, -0.25) is 4.79 Å². The van der Waals surface area contributed by atoms with Gasteiger partial charge >= 0.3 is 0 Å². The Morgan fingerprint density at radius 1 is 1.38 bits per heavy atom. The Balaban J connectivity index is 2.10. The highest BCUT2D eigenvalue weighted by molar-refractivity contribution is 6.30. The number of ether oxygens (including phenoxy) is 1. The van der Waals surface area contributed by atoms with E-state index in [0.717, 1.165) is 11.4 Å². The van der Waals surface area contributed by atoms with Crippen LogP contribution in [0, 0.1) is 13.8 Å². The SMILES string of the molecule is C=CCn1c(C)cc(C(=O)COc2cccc(Cl)c2)c1C. The molecule has 2 rings (SSSR count). The quantitative estimate of drug-likeness (QED) is 0.591. The van der Waals surface area contributed by atoms with Crippen molar-refractivity contribution < 1.29 is 9.53 Å². The lowest BCUT2D eigenvalue weighted by Gasteiger charge is -2.07. The van der Waals surface area contributed by atoms with Crippen molar-refractivity contribution in [2.24, 2.45) is 0 Å². The lowest BCUT2D eigenvalue weighted by Crippen LogP contribution is -2.12. The number of nitrogens with zero attached hydrogens (tertiary/aromatic N) is 1. The first kappa shape index (κ1) is 15.4. The molecule has 0 atom stereocenters. The van der Waals surface area contributed by atoms with Gasteiger partial charge in [-0.1, -0.05) is 23.7 Å². The minimum absolute atomic E-state index is 0.00127. The Kier molecular flexibility index (Phi) is 4.86. The molecule has 0 unspecified atom stereocenters. The van der Waals surface area contributed by atoms with Crippen LogP contribution < -0.4 is 4.74 Å². The molecule has 1 heterocycles. The monoisotopic (exact) mass is 303 g/mol. The summed E-state index contributed by atoms with van der Waals surface area (Å²) >= 11 is 5.88. The third-order valence-electron chi connectivity index (χ3n) is 3.35. The Bertz CT molecular complexity index is 673. The number of rotatable bonds is 6. The average molecular weight is 304 g/mol. The molecule has 0 N–H and O–H groups in total. The van der Waals surface area contributed by atoms with Crippen molar-refractivity contribution in [2.75, 3.05) is 6.61 Å². The van der Waals surface area contributed by atoms with Crippen LogP contribution in [0.15, 0.2) is 43.0 Å². The lowest BCUT2D eigenvalue weighted by atomic mass is 10.1. The van der Waals surface area contributed by atoms with E-state index in [9.17, 15) is 4.79 Å². The minimum Gasteiger partial charge on any atom is -0.485 e. The highest BCUT2D eigenvalue weighted by atomic mass is 35.5. The van der Waals surface area contributed by atoms with Crippen LogP contribution >= 0.6 is 11.6 Å². The number of Topliss-reactive ketones (excluding diaryl/α,β-unsaturated/α-hetero) is 1. The molecule has 0 radical (unpaired) electrons. The van der Waals surface area contributed by atoms with Gasteiger partial charge in [0.2, 0.25) is 5.78 Å². The summed E-state index contributed by atoms with van der Waals surface area (Å²) in [6.45, 7) is 8.34. The summed E-state index contributed by atoms with van der Waals surface area (Å²) in [4.78, 5) is 12.3. The molecule has 0 aliphatic carbocycles. The molecule has 0 amide bonds. The largest absolute Gasteiger partial charge is 0.485 e. The third kappa shape index (κ3) is 3.56. The fourth-order valence-corrected chi connectivity index (χ4v) is 2.46. The Hall–Kier alpha value is -2.00. The molecular weight excluding hydrogens is 286 g/mol. The zero-order valence-corrected chi connectivity index (χ0v) is 13.0. The topological polar surface area (TPSA) is 31.2 Å². The number of aromatic nitrogens is 1. The van der Waals surface area contributed by atoms with Crippen LogP contribution in [-0.2, 0) is 6.54 Å². The van der Waals surface area contributed by atoms with Crippen molar-refractivity contribution in [1.29, 1.82) is 0 Å². The number of allylic oxidation sites excluding steroid dienone is 1. The Morgan fingerprint density at radius 2 is 2.14 bits per heavy atom. The number of halogens is 1. The van der Waals surface area contributed by atoms with Crippen LogP contribution in [-0.4, -0.2) is 17.0 Å². The van der Waals surface area contributed by atoms with E-state index in [1.807, 2.05) is 26.0 Å². The van der Waals surface area contributed by atoms with Gasteiger partial charge in [-0.25, -0.2) is 0 Å². The molecule has 3 nitrogen and oxygen atoms in total. The molecule has 1 aromatic heterocycles. The van der Waals surface area contributed by atoms with Crippen molar-refractivity contribution >= 4 is 17.4 Å². The maximum absolute atomic E-state index is 12.3. The van der Waals surface area contributed by atoms with E-state index in [0.29, 0.717) is 22.9 Å². The standard InChI is InChI=1S/C17H18ClNO2/c1-4-8-19-12(2)9-16(13(19)3)17(20)11-21-15-7-5-6-14(18)10-15/h4-7,9-10H,1,8,11H2,2-3H3. The first-order valence-corrected chi connectivity index (χ1v) is 7.10. The second-order valence-corrected chi connectivity index (χ2v) is 5.29. The van der Waals surface area contributed by atoms with E-state index in [4.69, 9.17) is 16.3 Å². The van der Waals surface area contributed by atoms with Gasteiger partial charge in [0.15, 0.2) is 6.61 Å². The highest BCUT2D eigenvalue weighted by Crippen LogP contribution is 2.19. The molecule has 0 aliphatic heterocycles. The smallest absolute Gasteiger partial charge is 0.202 e. The zero-order valence-electron chi connectivity index (χ0n) is 12.2. The molecule has 4 heteroatoms. The summed E-state index contributed by atoms with van der Waals surface area (Å²) in [5, 5.41) is 0.587. The molecule has 0 saturated heterocycles. The van der Waals surface area contributed by atoms with Gasteiger partial charge < -0.3 is 9.30 Å². The van der Waals surface area contributed by atoms with Crippen LogP contribution in [0.5, 0.6) is 5.75 Å². The predicted molar refractivity (Wildman–Crippen MR) is 85.4 cm³/mol. The van der Waals surface area contributed by atoms with Crippen LogP contribution in [0.1, 0.15) is 21.7 Å². The predicted octanol–water partition coefficient (Wildman–Crippen LogP) is 4.21. The second kappa shape index (κ2) is 6.64. The summed E-state index contributed by atoms with van der Waals surface area (Å²) < 4.78 is 7.56. The van der Waals surface area contributed by atoms with Crippen LogP contribution in [0.2, 0.25) is 5.02 Å². The van der Waals surface area contributed by atoms with Gasteiger partial charge in [-0.05, 0) is 38.1 Å². The number of aryl methyl sites for hydroxylation is 1. The van der Waals surface area contributed by atoms with Crippen molar-refractivity contribution in [1.82, 2.24) is 4.57 Å². The van der Waals surface area contributed by atoms with Crippen molar-refractivity contribution in [3.63, 3.8) is 0 Å². The number of carbonyl (C=O) groups is 1. The number of hydrogen-bond acceptors (Lipinski definition) is 2. The maximum atomic E-state index is 12.3. The van der Waals surface area contributed by atoms with Gasteiger partial charge in [0.1, 0.15) is 5.75 Å². The van der Waals surface area contributed by atoms with Crippen molar-refractivity contribution in [3.8, 4) is 5.75 Å². The van der Waals surface area contributed by atoms with Crippen molar-refractivity contribution in [3.05, 3.63) is 65.0 Å². The normalized spacial score (nSPS) is 10.4. The van der Waals surface area contributed by atoms with Crippen molar-refractivity contribution in [2.45, 2.75) is 20.4 Å². The minimum atomic E-state index is -0.0432. The third-order valence-corrected chi connectivity index (χ3v) is 3.59. The average Bonchev–Trinajstić information content (AvgIpc) is 2.73. The van der Waals surface area contributed by atoms with E-state index in [-0.39, 0.29) is 12.4 Å². The summed E-state index contributed by atoms with van der Waals surface area (Å²) in [6, 6.07) is 8.91. The maximum Gasteiger partial charge on any atom is 0.202 e. The highest BCUT2D eigenvalue weighted by Gasteiger charge is 2.15. The van der Waals surface area contributed by atoms with E-state index >= 15 is 0 Å². The number of ketones is 1. The molecular formula is C17H18ClNO2. The molecule has 0 saturated carbocycles. The van der Waals surface area contributed by atoms with Gasteiger partial charge in [0, 0.05) is 28.5 Å². The summed E-state index contributed by atoms with van der Waals surface area (Å²) in [6.07, 6.45) is 1.82. The van der Waals surface area contributed by atoms with Crippen LogP contribution in [0.3, 0.4) is 0 Å². The molecule has 21 heavy (non-hydrogen) atoms. The van der Waals surface area contributed by atoms with E-state index < -0.39 is 0 Å². The molecule has 0 spiro atoms. The number of carbonyl (C=O) groups excluding carboxylic acids is 1. The molecule has 1 aromatic carbocycles. The fraction of sp³-hybridized carbons (Fsp3) is 0.235. The van der Waals surface area contributed by atoms with Crippen LogP contribution in [0.4, 0.5) is 0 Å². The van der Waals surface area contributed by atoms with Gasteiger partial charge in [0.25, 0.3) is 0 Å². The summed E-state index contributed by atoms with van der Waals surface area (Å²) in [5.41, 5.74) is 2.67. The van der Waals surface area contributed by atoms with Gasteiger partial charge in [-0.2, -0.15) is 0 Å².